The number of nitrogens with two attached hydrogens (primary N) is 1. The number of nitrogens with zero attached hydrogens (tertiary/aromatic N) is 8. The van der Waals surface area contributed by atoms with E-state index in [9.17, 15) is 19.2 Å². The van der Waals surface area contributed by atoms with Crippen LogP contribution >= 0.6 is 0 Å². The molecule has 2 aliphatic rings. The first-order valence-electron chi connectivity index (χ1n) is 17.4. The molecule has 0 radical (unpaired) electrons. The Morgan fingerprint density at radius 2 is 1.18 bits per heavy atom. The lowest BCUT2D eigenvalue weighted by Gasteiger charge is -2.27. The third-order valence-corrected chi connectivity index (χ3v) is 9.66. The van der Waals surface area contributed by atoms with Crippen LogP contribution < -0.4 is 25.6 Å². The number of amides is 4. The van der Waals surface area contributed by atoms with Gasteiger partial charge < -0.3 is 25.6 Å². The van der Waals surface area contributed by atoms with Crippen LogP contribution in [0.4, 0.5) is 28.6 Å². The van der Waals surface area contributed by atoms with Crippen LogP contribution in [0, 0.1) is 6.92 Å². The number of carbonyl (C=O) groups is 4. The van der Waals surface area contributed by atoms with Gasteiger partial charge in [-0.1, -0.05) is 17.7 Å². The molecule has 4 heterocycles. The molecule has 0 saturated carbocycles. The van der Waals surface area contributed by atoms with Crippen LogP contribution in [0.25, 0.3) is 11.4 Å². The molecule has 2 aromatic heterocycles. The van der Waals surface area contributed by atoms with Gasteiger partial charge in [-0.2, -0.15) is 15.3 Å². The lowest BCUT2D eigenvalue weighted by molar-refractivity contribution is -0.105. The first kappa shape index (κ1) is 34.7. The Bertz CT molecular complexity index is 2490. The molecule has 8 rings (SSSR count). The van der Waals surface area contributed by atoms with E-state index in [-0.39, 0.29) is 17.5 Å². The maximum atomic E-state index is 13.9. The molecule has 0 fully saturated rings. The van der Waals surface area contributed by atoms with Crippen molar-refractivity contribution >= 4 is 52.7 Å². The summed E-state index contributed by atoms with van der Waals surface area (Å²) in [5.74, 6) is -0.212. The molecule has 0 unspecified atom stereocenters. The normalized spacial score (nSPS) is 13.9. The summed E-state index contributed by atoms with van der Waals surface area (Å²) in [6.07, 6.45) is 1.45. The molecule has 0 aliphatic carbocycles. The van der Waals surface area contributed by atoms with Gasteiger partial charge in [0.1, 0.15) is 17.1 Å². The quantitative estimate of drug-likeness (QED) is 0.130. The minimum Gasteiger partial charge on any atom is -0.497 e. The fraction of sp³-hybridized carbons (Fsp3) is 0.150. The van der Waals surface area contributed by atoms with E-state index in [2.05, 4.69) is 25.7 Å². The Hall–Kier alpha value is -7.42. The Kier molecular flexibility index (Phi) is 8.94. The second-order valence-electron chi connectivity index (χ2n) is 13.0. The largest absolute Gasteiger partial charge is 0.497 e. The lowest BCUT2D eigenvalue weighted by atomic mass is 10.0. The predicted octanol–water partition coefficient (Wildman–Crippen LogP) is 5.86. The number of anilines is 3. The van der Waals surface area contributed by atoms with E-state index in [4.69, 9.17) is 10.5 Å². The molecule has 6 aromatic rings. The third-order valence-electron chi connectivity index (χ3n) is 9.66. The zero-order chi connectivity index (χ0) is 38.2. The zero-order valence-electron chi connectivity index (χ0n) is 29.8. The molecule has 0 saturated heterocycles. The summed E-state index contributed by atoms with van der Waals surface area (Å²) < 4.78 is 8.31. The molecular weight excluding hydrogens is 701 g/mol. The van der Waals surface area contributed by atoms with Gasteiger partial charge >= 0.3 is 0 Å². The van der Waals surface area contributed by atoms with E-state index < -0.39 is 5.91 Å². The average Bonchev–Trinajstić information content (AvgIpc) is 3.79. The van der Waals surface area contributed by atoms with Crippen molar-refractivity contribution in [2.45, 2.75) is 19.8 Å². The number of methoxy groups -OCH3 is 1. The molecule has 15 heteroatoms. The van der Waals surface area contributed by atoms with Crippen molar-refractivity contribution in [3.63, 3.8) is 0 Å². The van der Waals surface area contributed by atoms with E-state index >= 15 is 0 Å². The molecular formula is C40H34N10O5. The van der Waals surface area contributed by atoms with Gasteiger partial charge in [-0.25, -0.2) is 9.36 Å². The summed E-state index contributed by atoms with van der Waals surface area (Å²) in [5, 5.41) is 20.4. The summed E-state index contributed by atoms with van der Waals surface area (Å²) in [5.41, 5.74) is 12.5. The zero-order valence-corrected chi connectivity index (χ0v) is 29.8. The fourth-order valence-corrected chi connectivity index (χ4v) is 6.88. The lowest BCUT2D eigenvalue weighted by Crippen LogP contribution is -2.39. The van der Waals surface area contributed by atoms with Gasteiger partial charge in [0, 0.05) is 35.6 Å². The Morgan fingerprint density at radius 1 is 0.709 bits per heavy atom. The maximum absolute atomic E-state index is 13.9. The third kappa shape index (κ3) is 6.37. The second-order valence-corrected chi connectivity index (χ2v) is 13.0. The number of fused-ring (bicyclic) bond motifs is 2. The van der Waals surface area contributed by atoms with Crippen molar-refractivity contribution in [1.29, 1.82) is 0 Å². The monoisotopic (exact) mass is 734 g/mol. The smallest absolute Gasteiger partial charge is 0.277 e. The molecule has 0 spiro atoms. The van der Waals surface area contributed by atoms with Crippen LogP contribution in [0.1, 0.15) is 48.2 Å². The van der Waals surface area contributed by atoms with Crippen LogP contribution in [0.3, 0.4) is 0 Å². The standard InChI is InChI=1S/C40H34N10O5/c1-24-3-9-29(10-4-24)49-35-32(34(45-49)37(41)52)19-21-47(39(35)53)27-11-5-25(6-12-27)43-44-26-7-13-28(14-8-26)48-22-20-33-36(40(48)54)50(46-38(33)42-23-51)30-15-17-31(55-2)18-16-30/h3-18,23H,19-22H2,1-2H3,(H2,41,52)(H,42,46,51)/b44-43+. The van der Waals surface area contributed by atoms with Crippen molar-refractivity contribution in [1.82, 2.24) is 19.6 Å². The van der Waals surface area contributed by atoms with Crippen LogP contribution in [0.2, 0.25) is 0 Å². The minimum atomic E-state index is -0.677. The number of benzene rings is 4. The van der Waals surface area contributed by atoms with Gasteiger partial charge in [0.05, 0.1) is 29.9 Å². The number of nitrogens with one attached hydrogen (secondary N) is 1. The number of hydrogen-bond acceptors (Lipinski definition) is 9. The van der Waals surface area contributed by atoms with Gasteiger partial charge in [0.15, 0.2) is 11.5 Å². The molecule has 2 aliphatic heterocycles. The van der Waals surface area contributed by atoms with E-state index in [1.807, 2.05) is 31.2 Å². The number of rotatable bonds is 10. The Morgan fingerprint density at radius 3 is 1.69 bits per heavy atom. The number of hydrogen-bond donors (Lipinski definition) is 2. The summed E-state index contributed by atoms with van der Waals surface area (Å²) >= 11 is 0. The molecule has 0 bridgehead atoms. The minimum absolute atomic E-state index is 0.100. The molecule has 4 aromatic carbocycles. The topological polar surface area (TPSA) is 182 Å². The number of primary amides is 1. The molecule has 15 nitrogen and oxygen atoms in total. The average molecular weight is 735 g/mol. The highest BCUT2D eigenvalue weighted by molar-refractivity contribution is 6.10. The van der Waals surface area contributed by atoms with E-state index in [1.54, 1.807) is 94.4 Å². The van der Waals surface area contributed by atoms with Crippen molar-refractivity contribution in [3.05, 3.63) is 131 Å². The van der Waals surface area contributed by atoms with Crippen LogP contribution in [0.5, 0.6) is 5.75 Å². The number of azo groups is 1. The predicted molar refractivity (Wildman–Crippen MR) is 204 cm³/mol. The Labute approximate surface area is 314 Å². The SMILES string of the molecule is COc1ccc(-n2nc(NC=O)c3c2C(=O)N(c2ccc(/N=N/c4ccc(N5CCc6c(C(N)=O)nn(-c7ccc(C)cc7)c6C5=O)cc4)cc2)CC3)cc1. The van der Waals surface area contributed by atoms with Gasteiger partial charge in [-0.3, -0.25) is 19.2 Å². The van der Waals surface area contributed by atoms with Gasteiger partial charge in [-0.15, -0.1) is 5.10 Å². The first-order chi connectivity index (χ1) is 26.7. The highest BCUT2D eigenvalue weighted by Gasteiger charge is 2.35. The van der Waals surface area contributed by atoms with E-state index in [1.165, 1.54) is 4.68 Å². The number of aromatic nitrogens is 4. The van der Waals surface area contributed by atoms with Crippen molar-refractivity contribution in [2.75, 3.05) is 35.3 Å². The molecule has 4 amide bonds. The number of ether oxygens (including phenoxy) is 1. The first-order valence-corrected chi connectivity index (χ1v) is 17.4. The summed E-state index contributed by atoms with van der Waals surface area (Å²) in [6.45, 7) is 2.70. The second kappa shape index (κ2) is 14.2. The molecule has 3 N–H and O–H groups in total. The van der Waals surface area contributed by atoms with Crippen molar-refractivity contribution in [3.8, 4) is 17.1 Å². The van der Waals surface area contributed by atoms with Crippen molar-refractivity contribution in [2.24, 2.45) is 16.0 Å². The maximum Gasteiger partial charge on any atom is 0.277 e. The Balaban J connectivity index is 0.979. The molecule has 274 valence electrons. The van der Waals surface area contributed by atoms with Crippen molar-refractivity contribution < 1.29 is 23.9 Å². The highest BCUT2D eigenvalue weighted by atomic mass is 16.5. The van der Waals surface area contributed by atoms with Gasteiger partial charge in [0.2, 0.25) is 6.41 Å². The number of carbonyl (C=O) groups excluding carboxylic acids is 4. The number of aryl methyl sites for hydroxylation is 1. The van der Waals surface area contributed by atoms with Crippen LogP contribution in [-0.4, -0.2) is 63.9 Å². The van der Waals surface area contributed by atoms with Crippen LogP contribution in [0.15, 0.2) is 107 Å². The molecule has 55 heavy (non-hydrogen) atoms. The highest BCUT2D eigenvalue weighted by Crippen LogP contribution is 2.33. The van der Waals surface area contributed by atoms with Gasteiger partial charge in [-0.05, 0) is 105 Å². The summed E-state index contributed by atoms with van der Waals surface area (Å²) in [6, 6.07) is 29.0. The van der Waals surface area contributed by atoms with E-state index in [0.29, 0.717) is 101 Å². The summed E-state index contributed by atoms with van der Waals surface area (Å²) in [4.78, 5) is 54.7. The van der Waals surface area contributed by atoms with Crippen LogP contribution in [-0.2, 0) is 17.6 Å². The summed E-state index contributed by atoms with van der Waals surface area (Å²) in [7, 11) is 1.58. The van der Waals surface area contributed by atoms with E-state index in [0.717, 1.165) is 5.56 Å². The van der Waals surface area contributed by atoms with Gasteiger partial charge in [0.25, 0.3) is 17.7 Å². The molecule has 0 atom stereocenters. The fourth-order valence-electron chi connectivity index (χ4n) is 6.88.